The lowest BCUT2D eigenvalue weighted by atomic mass is 10.1. The molecule has 2 amide bonds. The zero-order chi connectivity index (χ0) is 14.4. The number of amides is 2. The van der Waals surface area contributed by atoms with Crippen molar-refractivity contribution in [3.8, 4) is 0 Å². The number of likely N-dealkylation sites (tertiary alicyclic amines) is 1. The highest BCUT2D eigenvalue weighted by Gasteiger charge is 2.20. The van der Waals surface area contributed by atoms with Gasteiger partial charge < -0.3 is 16.0 Å². The van der Waals surface area contributed by atoms with E-state index in [0.717, 1.165) is 19.4 Å². The van der Waals surface area contributed by atoms with Crippen LogP contribution in [-0.4, -0.2) is 42.4 Å². The summed E-state index contributed by atoms with van der Waals surface area (Å²) in [5.41, 5.74) is 6.55. The standard InChI is InChI=1S/C14H21N3O2S.ClH/c15-12-3-2-7-17(9-12)13(18)4-1-6-16-14(19)11-5-8-20-10-11;/h5,8,10,12H,1-4,6-7,9,15H2,(H,16,19);1H. The molecule has 1 atom stereocenters. The molecule has 0 spiro atoms. The molecule has 2 rings (SSSR count). The van der Waals surface area contributed by atoms with Gasteiger partial charge in [-0.2, -0.15) is 11.3 Å². The normalized spacial score (nSPS) is 18.0. The van der Waals surface area contributed by atoms with Crippen molar-refractivity contribution in [2.24, 2.45) is 5.73 Å². The number of hydrogen-bond acceptors (Lipinski definition) is 4. The van der Waals surface area contributed by atoms with Crippen LogP contribution in [0.2, 0.25) is 0 Å². The van der Waals surface area contributed by atoms with Crippen molar-refractivity contribution in [2.75, 3.05) is 19.6 Å². The van der Waals surface area contributed by atoms with Gasteiger partial charge >= 0.3 is 0 Å². The molecule has 0 bridgehead atoms. The number of carbonyl (C=O) groups excluding carboxylic acids is 2. The molecule has 1 saturated heterocycles. The fourth-order valence-electron chi connectivity index (χ4n) is 2.33. The van der Waals surface area contributed by atoms with Gasteiger partial charge in [0.25, 0.3) is 5.91 Å². The van der Waals surface area contributed by atoms with Crippen molar-refractivity contribution >= 4 is 35.6 Å². The first kappa shape index (κ1) is 17.9. The van der Waals surface area contributed by atoms with Crippen LogP contribution >= 0.6 is 23.7 Å². The summed E-state index contributed by atoms with van der Waals surface area (Å²) < 4.78 is 0. The Bertz CT molecular complexity index is 453. The van der Waals surface area contributed by atoms with E-state index >= 15 is 0 Å². The van der Waals surface area contributed by atoms with E-state index in [9.17, 15) is 9.59 Å². The molecule has 118 valence electrons. The molecule has 21 heavy (non-hydrogen) atoms. The van der Waals surface area contributed by atoms with E-state index < -0.39 is 0 Å². The van der Waals surface area contributed by atoms with E-state index in [0.29, 0.717) is 31.5 Å². The maximum Gasteiger partial charge on any atom is 0.252 e. The minimum Gasteiger partial charge on any atom is -0.352 e. The van der Waals surface area contributed by atoms with Crippen molar-refractivity contribution in [3.05, 3.63) is 22.4 Å². The minimum absolute atomic E-state index is 0. The van der Waals surface area contributed by atoms with Gasteiger partial charge in [0.1, 0.15) is 0 Å². The topological polar surface area (TPSA) is 75.4 Å². The second kappa shape index (κ2) is 9.02. The Morgan fingerprint density at radius 3 is 2.95 bits per heavy atom. The van der Waals surface area contributed by atoms with Crippen molar-refractivity contribution in [3.63, 3.8) is 0 Å². The lowest BCUT2D eigenvalue weighted by Gasteiger charge is -2.30. The fourth-order valence-corrected chi connectivity index (χ4v) is 2.97. The smallest absolute Gasteiger partial charge is 0.252 e. The zero-order valence-corrected chi connectivity index (χ0v) is 13.5. The molecule has 1 aliphatic heterocycles. The predicted molar refractivity (Wildman–Crippen MR) is 86.9 cm³/mol. The Morgan fingerprint density at radius 2 is 2.29 bits per heavy atom. The van der Waals surface area contributed by atoms with Gasteiger partial charge in [-0.3, -0.25) is 9.59 Å². The highest BCUT2D eigenvalue weighted by Crippen LogP contribution is 2.10. The van der Waals surface area contributed by atoms with E-state index in [1.54, 1.807) is 6.07 Å². The molecule has 1 aliphatic rings. The van der Waals surface area contributed by atoms with Gasteiger partial charge in [0.05, 0.1) is 0 Å². The molecule has 1 fully saturated rings. The van der Waals surface area contributed by atoms with Crippen molar-refractivity contribution < 1.29 is 9.59 Å². The molecule has 0 saturated carbocycles. The monoisotopic (exact) mass is 331 g/mol. The van der Waals surface area contributed by atoms with Gasteiger partial charge in [-0.05, 0) is 30.7 Å². The number of piperidine rings is 1. The third-order valence-corrected chi connectivity index (χ3v) is 4.13. The molecular formula is C14H22ClN3O2S. The molecule has 0 radical (unpaired) electrons. The maximum atomic E-state index is 12.0. The average molecular weight is 332 g/mol. The first-order chi connectivity index (χ1) is 9.66. The van der Waals surface area contributed by atoms with E-state index in [1.807, 2.05) is 15.7 Å². The van der Waals surface area contributed by atoms with E-state index in [4.69, 9.17) is 5.73 Å². The molecule has 3 N–H and O–H groups in total. The summed E-state index contributed by atoms with van der Waals surface area (Å²) in [6, 6.07) is 1.91. The van der Waals surface area contributed by atoms with Crippen LogP contribution in [0.5, 0.6) is 0 Å². The summed E-state index contributed by atoms with van der Waals surface area (Å²) in [6.07, 6.45) is 3.12. The highest BCUT2D eigenvalue weighted by atomic mass is 35.5. The summed E-state index contributed by atoms with van der Waals surface area (Å²) in [7, 11) is 0. The summed E-state index contributed by atoms with van der Waals surface area (Å²) >= 11 is 1.50. The Hall–Kier alpha value is -1.11. The highest BCUT2D eigenvalue weighted by molar-refractivity contribution is 7.08. The van der Waals surface area contributed by atoms with Crippen LogP contribution in [-0.2, 0) is 4.79 Å². The summed E-state index contributed by atoms with van der Waals surface area (Å²) in [6.45, 7) is 2.01. The maximum absolute atomic E-state index is 12.0. The number of nitrogens with zero attached hydrogens (tertiary/aromatic N) is 1. The molecule has 0 aromatic carbocycles. The minimum atomic E-state index is -0.0707. The third-order valence-electron chi connectivity index (χ3n) is 3.45. The van der Waals surface area contributed by atoms with Gasteiger partial charge in [0, 0.05) is 43.0 Å². The predicted octanol–water partition coefficient (Wildman–Crippen LogP) is 1.63. The van der Waals surface area contributed by atoms with E-state index in [2.05, 4.69) is 5.32 Å². The number of thiophene rings is 1. The molecule has 1 unspecified atom stereocenters. The van der Waals surface area contributed by atoms with Gasteiger partial charge in [-0.1, -0.05) is 0 Å². The van der Waals surface area contributed by atoms with Crippen molar-refractivity contribution in [1.29, 1.82) is 0 Å². The number of nitrogens with one attached hydrogen (secondary N) is 1. The fraction of sp³-hybridized carbons (Fsp3) is 0.571. The molecule has 5 nitrogen and oxygen atoms in total. The molecule has 1 aromatic rings. The Kier molecular flexibility index (Phi) is 7.71. The molecule has 2 heterocycles. The third kappa shape index (κ3) is 5.65. The van der Waals surface area contributed by atoms with Gasteiger partial charge in [0.15, 0.2) is 0 Å². The Labute approximate surface area is 135 Å². The summed E-state index contributed by atoms with van der Waals surface area (Å²) in [5, 5.41) is 6.51. The zero-order valence-electron chi connectivity index (χ0n) is 11.9. The number of nitrogens with two attached hydrogens (primary N) is 1. The molecular weight excluding hydrogens is 310 g/mol. The largest absolute Gasteiger partial charge is 0.352 e. The number of hydrogen-bond donors (Lipinski definition) is 2. The quantitative estimate of drug-likeness (QED) is 0.805. The van der Waals surface area contributed by atoms with Crippen molar-refractivity contribution in [2.45, 2.75) is 31.7 Å². The number of halogens is 1. The second-order valence-corrected chi connectivity index (χ2v) is 5.89. The Morgan fingerprint density at radius 1 is 1.48 bits per heavy atom. The summed E-state index contributed by atoms with van der Waals surface area (Å²) in [5.74, 6) is 0.0728. The van der Waals surface area contributed by atoms with Crippen molar-refractivity contribution in [1.82, 2.24) is 10.2 Å². The number of rotatable bonds is 5. The van der Waals surface area contributed by atoms with Crippen LogP contribution in [0, 0.1) is 0 Å². The SMILES string of the molecule is Cl.NC1CCCN(C(=O)CCCNC(=O)c2ccsc2)C1. The summed E-state index contributed by atoms with van der Waals surface area (Å²) in [4.78, 5) is 25.5. The second-order valence-electron chi connectivity index (χ2n) is 5.11. The molecule has 1 aromatic heterocycles. The van der Waals surface area contributed by atoms with Crippen LogP contribution in [0.25, 0.3) is 0 Å². The molecule has 0 aliphatic carbocycles. The van der Waals surface area contributed by atoms with Crippen LogP contribution in [0.1, 0.15) is 36.0 Å². The van der Waals surface area contributed by atoms with Gasteiger partial charge in [-0.25, -0.2) is 0 Å². The number of carbonyl (C=O) groups is 2. The van der Waals surface area contributed by atoms with Gasteiger partial charge in [-0.15, -0.1) is 12.4 Å². The lowest BCUT2D eigenvalue weighted by molar-refractivity contribution is -0.132. The first-order valence-electron chi connectivity index (χ1n) is 7.00. The van der Waals surface area contributed by atoms with Crippen LogP contribution in [0.3, 0.4) is 0 Å². The lowest BCUT2D eigenvalue weighted by Crippen LogP contribution is -2.45. The first-order valence-corrected chi connectivity index (χ1v) is 7.95. The Balaban J connectivity index is 0.00000220. The van der Waals surface area contributed by atoms with E-state index in [-0.39, 0.29) is 30.3 Å². The van der Waals surface area contributed by atoms with Crippen LogP contribution in [0.15, 0.2) is 16.8 Å². The molecule has 7 heteroatoms. The van der Waals surface area contributed by atoms with E-state index in [1.165, 1.54) is 11.3 Å². The van der Waals surface area contributed by atoms with Gasteiger partial charge in [0.2, 0.25) is 5.91 Å². The van der Waals surface area contributed by atoms with Crippen LogP contribution < -0.4 is 11.1 Å². The average Bonchev–Trinajstić information content (AvgIpc) is 2.97. The van der Waals surface area contributed by atoms with Crippen LogP contribution in [0.4, 0.5) is 0 Å².